The third kappa shape index (κ3) is 3.27. The van der Waals surface area contributed by atoms with E-state index in [2.05, 4.69) is 34.5 Å². The van der Waals surface area contributed by atoms with Crippen LogP contribution in [0.5, 0.6) is 0 Å². The van der Waals surface area contributed by atoms with Gasteiger partial charge in [0.05, 0.1) is 17.1 Å². The molecule has 2 aromatic heterocycles. The Labute approximate surface area is 142 Å². The number of amides is 2. The predicted molar refractivity (Wildman–Crippen MR) is 94.2 cm³/mol. The summed E-state index contributed by atoms with van der Waals surface area (Å²) in [5.41, 5.74) is 4.04. The Morgan fingerprint density at radius 1 is 1.25 bits per heavy atom. The first-order valence-electron chi connectivity index (χ1n) is 8.60. The number of anilines is 1. The molecule has 0 aliphatic carbocycles. The van der Waals surface area contributed by atoms with Gasteiger partial charge in [-0.1, -0.05) is 0 Å². The highest BCUT2D eigenvalue weighted by Gasteiger charge is 2.25. The summed E-state index contributed by atoms with van der Waals surface area (Å²) < 4.78 is 1.92. The predicted octanol–water partition coefficient (Wildman–Crippen LogP) is 3.33. The largest absolute Gasteiger partial charge is 0.324 e. The van der Waals surface area contributed by atoms with Crippen molar-refractivity contribution in [2.24, 2.45) is 0 Å². The number of piperidine rings is 1. The first-order chi connectivity index (χ1) is 11.6. The van der Waals surface area contributed by atoms with E-state index in [4.69, 9.17) is 0 Å². The SMILES string of the molecule is CCn1nc(C)c(NC(=O)N2CCC(c3ccncc3)CC2)c1C. The van der Waals surface area contributed by atoms with Gasteiger partial charge in [-0.15, -0.1) is 0 Å². The second-order valence-corrected chi connectivity index (χ2v) is 6.33. The molecular formula is C18H25N5O. The molecule has 24 heavy (non-hydrogen) atoms. The molecule has 0 aromatic carbocycles. The number of carbonyl (C=O) groups excluding carboxylic acids is 1. The smallest absolute Gasteiger partial charge is 0.321 e. The second kappa shape index (κ2) is 7.03. The molecular weight excluding hydrogens is 302 g/mol. The zero-order chi connectivity index (χ0) is 17.1. The summed E-state index contributed by atoms with van der Waals surface area (Å²) in [5.74, 6) is 0.517. The summed E-state index contributed by atoms with van der Waals surface area (Å²) in [5, 5.41) is 7.51. The van der Waals surface area contributed by atoms with Gasteiger partial charge < -0.3 is 10.2 Å². The van der Waals surface area contributed by atoms with E-state index in [0.29, 0.717) is 5.92 Å². The van der Waals surface area contributed by atoms with Gasteiger partial charge in [0.25, 0.3) is 0 Å². The van der Waals surface area contributed by atoms with Crippen molar-refractivity contribution in [3.05, 3.63) is 41.5 Å². The van der Waals surface area contributed by atoms with E-state index in [1.54, 1.807) is 0 Å². The lowest BCUT2D eigenvalue weighted by Crippen LogP contribution is -2.40. The number of aryl methyl sites for hydroxylation is 2. The molecule has 1 aliphatic rings. The van der Waals surface area contributed by atoms with Gasteiger partial charge in [0.1, 0.15) is 0 Å². The Hall–Kier alpha value is -2.37. The maximum atomic E-state index is 12.6. The van der Waals surface area contributed by atoms with Crippen molar-refractivity contribution in [3.63, 3.8) is 0 Å². The zero-order valence-corrected chi connectivity index (χ0v) is 14.6. The van der Waals surface area contributed by atoms with Crippen LogP contribution in [0.4, 0.5) is 10.5 Å². The summed E-state index contributed by atoms with van der Waals surface area (Å²) in [6.07, 6.45) is 5.66. The van der Waals surface area contributed by atoms with Gasteiger partial charge >= 0.3 is 6.03 Å². The van der Waals surface area contributed by atoms with Gasteiger partial charge in [-0.25, -0.2) is 4.79 Å². The molecule has 2 aromatic rings. The van der Waals surface area contributed by atoms with Crippen LogP contribution in [-0.4, -0.2) is 38.8 Å². The minimum absolute atomic E-state index is 0.0231. The van der Waals surface area contributed by atoms with Crippen LogP contribution in [0.2, 0.25) is 0 Å². The van der Waals surface area contributed by atoms with Gasteiger partial charge in [-0.05, 0) is 57.2 Å². The highest BCUT2D eigenvalue weighted by Crippen LogP contribution is 2.28. The van der Waals surface area contributed by atoms with Crippen molar-refractivity contribution in [1.82, 2.24) is 19.7 Å². The molecule has 1 aliphatic heterocycles. The van der Waals surface area contributed by atoms with Crippen molar-refractivity contribution in [1.29, 1.82) is 0 Å². The van der Waals surface area contributed by atoms with Gasteiger partial charge in [0, 0.05) is 32.0 Å². The second-order valence-electron chi connectivity index (χ2n) is 6.33. The minimum Gasteiger partial charge on any atom is -0.324 e. The maximum Gasteiger partial charge on any atom is 0.321 e. The van der Waals surface area contributed by atoms with E-state index in [1.807, 2.05) is 35.8 Å². The molecule has 0 atom stereocenters. The third-order valence-corrected chi connectivity index (χ3v) is 4.87. The number of urea groups is 1. The zero-order valence-electron chi connectivity index (χ0n) is 14.6. The van der Waals surface area contributed by atoms with E-state index >= 15 is 0 Å². The summed E-state index contributed by atoms with van der Waals surface area (Å²) in [7, 11) is 0. The van der Waals surface area contributed by atoms with Crippen LogP contribution >= 0.6 is 0 Å². The van der Waals surface area contributed by atoms with Crippen LogP contribution in [0.3, 0.4) is 0 Å². The summed E-state index contributed by atoms with van der Waals surface area (Å²) in [6.45, 7) is 8.34. The van der Waals surface area contributed by atoms with Crippen LogP contribution in [0.25, 0.3) is 0 Å². The van der Waals surface area contributed by atoms with Crippen LogP contribution in [0.15, 0.2) is 24.5 Å². The Balaban J connectivity index is 1.61. The summed E-state index contributed by atoms with van der Waals surface area (Å²) in [4.78, 5) is 18.6. The van der Waals surface area contributed by atoms with E-state index in [1.165, 1.54) is 5.56 Å². The van der Waals surface area contributed by atoms with Crippen molar-refractivity contribution < 1.29 is 4.79 Å². The molecule has 3 heterocycles. The van der Waals surface area contributed by atoms with Crippen molar-refractivity contribution >= 4 is 11.7 Å². The van der Waals surface area contributed by atoms with E-state index in [0.717, 1.165) is 49.6 Å². The van der Waals surface area contributed by atoms with Crippen molar-refractivity contribution in [3.8, 4) is 0 Å². The number of hydrogen-bond acceptors (Lipinski definition) is 3. The molecule has 0 radical (unpaired) electrons. The van der Waals surface area contributed by atoms with E-state index in [9.17, 15) is 4.79 Å². The lowest BCUT2D eigenvalue weighted by Gasteiger charge is -2.32. The molecule has 0 bridgehead atoms. The van der Waals surface area contributed by atoms with Crippen LogP contribution < -0.4 is 5.32 Å². The van der Waals surface area contributed by atoms with Gasteiger partial charge in [0.15, 0.2) is 0 Å². The Bertz CT molecular complexity index is 702. The molecule has 128 valence electrons. The van der Waals surface area contributed by atoms with Crippen LogP contribution in [0.1, 0.15) is 42.6 Å². The average Bonchev–Trinajstić information content (AvgIpc) is 2.90. The number of rotatable bonds is 3. The lowest BCUT2D eigenvalue weighted by atomic mass is 9.90. The Morgan fingerprint density at radius 3 is 2.50 bits per heavy atom. The quantitative estimate of drug-likeness (QED) is 0.940. The fraction of sp³-hybridized carbons (Fsp3) is 0.500. The number of carbonyl (C=O) groups is 1. The average molecular weight is 327 g/mol. The molecule has 0 unspecified atom stereocenters. The number of nitrogens with one attached hydrogen (secondary N) is 1. The highest BCUT2D eigenvalue weighted by atomic mass is 16.2. The molecule has 0 saturated carbocycles. The number of likely N-dealkylation sites (tertiary alicyclic amines) is 1. The third-order valence-electron chi connectivity index (χ3n) is 4.87. The molecule has 3 rings (SSSR count). The number of nitrogens with zero attached hydrogens (tertiary/aromatic N) is 4. The topological polar surface area (TPSA) is 63.1 Å². The van der Waals surface area contributed by atoms with E-state index in [-0.39, 0.29) is 6.03 Å². The Kier molecular flexibility index (Phi) is 4.83. The molecule has 6 heteroatoms. The lowest BCUT2D eigenvalue weighted by molar-refractivity contribution is 0.194. The van der Waals surface area contributed by atoms with Crippen LogP contribution in [-0.2, 0) is 6.54 Å². The molecule has 1 N–H and O–H groups in total. The summed E-state index contributed by atoms with van der Waals surface area (Å²) >= 11 is 0. The van der Waals surface area contributed by atoms with Gasteiger partial charge in [-0.3, -0.25) is 9.67 Å². The molecule has 1 saturated heterocycles. The van der Waals surface area contributed by atoms with Gasteiger partial charge in [0.2, 0.25) is 0 Å². The highest BCUT2D eigenvalue weighted by molar-refractivity contribution is 5.90. The van der Waals surface area contributed by atoms with Gasteiger partial charge in [-0.2, -0.15) is 5.10 Å². The molecule has 6 nitrogen and oxygen atoms in total. The van der Waals surface area contributed by atoms with E-state index < -0.39 is 0 Å². The molecule has 1 fully saturated rings. The maximum absolute atomic E-state index is 12.6. The molecule has 2 amide bonds. The molecule has 0 spiro atoms. The normalized spacial score (nSPS) is 15.5. The number of hydrogen-bond donors (Lipinski definition) is 1. The van der Waals surface area contributed by atoms with Crippen LogP contribution in [0, 0.1) is 13.8 Å². The first kappa shape index (κ1) is 16.5. The number of aromatic nitrogens is 3. The minimum atomic E-state index is -0.0231. The summed E-state index contributed by atoms with van der Waals surface area (Å²) in [6, 6.07) is 4.13. The Morgan fingerprint density at radius 2 is 1.92 bits per heavy atom. The standard InChI is InChI=1S/C18H25N5O/c1-4-23-14(3)17(13(2)21-23)20-18(24)22-11-7-16(8-12-22)15-5-9-19-10-6-15/h5-6,9-10,16H,4,7-8,11-12H2,1-3H3,(H,20,24). The fourth-order valence-electron chi connectivity index (χ4n) is 3.42. The first-order valence-corrected chi connectivity index (χ1v) is 8.60. The van der Waals surface area contributed by atoms with Crippen molar-refractivity contribution in [2.45, 2.75) is 46.1 Å². The monoisotopic (exact) mass is 327 g/mol. The fourth-order valence-corrected chi connectivity index (χ4v) is 3.42. The number of pyridine rings is 1. The van der Waals surface area contributed by atoms with Crippen molar-refractivity contribution in [2.75, 3.05) is 18.4 Å².